The maximum absolute atomic E-state index is 9.67. The highest BCUT2D eigenvalue weighted by atomic mass is 16.5. The number of benzene rings is 1. The van der Waals surface area contributed by atoms with Gasteiger partial charge in [-0.15, -0.1) is 0 Å². The van der Waals surface area contributed by atoms with Crippen molar-refractivity contribution in [2.45, 2.75) is 33.3 Å². The molecule has 1 atom stereocenters. The van der Waals surface area contributed by atoms with Crippen LogP contribution in [0.1, 0.15) is 37.5 Å². The molecule has 1 aromatic rings. The summed E-state index contributed by atoms with van der Waals surface area (Å²) in [4.78, 5) is 0. The van der Waals surface area contributed by atoms with Gasteiger partial charge in [0.25, 0.3) is 0 Å². The molecule has 0 unspecified atom stereocenters. The third-order valence-electron chi connectivity index (χ3n) is 2.51. The maximum Gasteiger partial charge on any atom is 0.125 e. The van der Waals surface area contributed by atoms with Gasteiger partial charge in [0.2, 0.25) is 0 Å². The van der Waals surface area contributed by atoms with Crippen molar-refractivity contribution >= 4 is 0 Å². The third-order valence-corrected chi connectivity index (χ3v) is 2.51. The zero-order chi connectivity index (χ0) is 12.7. The zero-order valence-corrected chi connectivity index (χ0v) is 10.9. The summed E-state index contributed by atoms with van der Waals surface area (Å²) >= 11 is 0. The molecule has 3 heteroatoms. The number of hydrogen-bond donors (Lipinski definition) is 1. The fraction of sp³-hybridized carbons (Fsp3) is 0.571. The van der Waals surface area contributed by atoms with Crippen molar-refractivity contribution in [2.75, 3.05) is 19.8 Å². The predicted octanol–water partition coefficient (Wildman–Crippen LogP) is 2.85. The zero-order valence-electron chi connectivity index (χ0n) is 10.9. The van der Waals surface area contributed by atoms with Crippen LogP contribution in [0, 0.1) is 6.92 Å². The lowest BCUT2D eigenvalue weighted by Crippen LogP contribution is -2.05. The Balaban J connectivity index is 2.52. The molecule has 0 aliphatic heterocycles. The van der Waals surface area contributed by atoms with Crippen molar-refractivity contribution in [1.82, 2.24) is 0 Å². The molecule has 1 N–H and O–H groups in total. The Labute approximate surface area is 103 Å². The summed E-state index contributed by atoms with van der Waals surface area (Å²) in [7, 11) is 0. The molecule has 3 nitrogen and oxygen atoms in total. The topological polar surface area (TPSA) is 38.7 Å². The average molecular weight is 238 g/mol. The lowest BCUT2D eigenvalue weighted by molar-refractivity contribution is 0.129. The van der Waals surface area contributed by atoms with Crippen LogP contribution in [0.3, 0.4) is 0 Å². The van der Waals surface area contributed by atoms with E-state index in [1.165, 1.54) is 0 Å². The molecule has 17 heavy (non-hydrogen) atoms. The van der Waals surface area contributed by atoms with E-state index >= 15 is 0 Å². The molecule has 0 saturated carbocycles. The molecule has 0 saturated heterocycles. The van der Waals surface area contributed by atoms with Crippen molar-refractivity contribution in [3.05, 3.63) is 29.3 Å². The molecule has 0 aromatic heterocycles. The first-order chi connectivity index (χ1) is 8.15. The van der Waals surface area contributed by atoms with Crippen LogP contribution in [0.4, 0.5) is 0 Å². The van der Waals surface area contributed by atoms with Crippen LogP contribution in [0.2, 0.25) is 0 Å². The number of aliphatic hydroxyl groups is 1. The van der Waals surface area contributed by atoms with Gasteiger partial charge in [0.1, 0.15) is 5.75 Å². The Hall–Kier alpha value is -1.06. The molecule has 0 radical (unpaired) electrons. The highest BCUT2D eigenvalue weighted by Crippen LogP contribution is 2.26. The molecule has 0 fully saturated rings. The van der Waals surface area contributed by atoms with E-state index in [-0.39, 0.29) is 0 Å². The van der Waals surface area contributed by atoms with Gasteiger partial charge < -0.3 is 14.6 Å². The second-order valence-electron chi connectivity index (χ2n) is 4.12. The van der Waals surface area contributed by atoms with E-state index in [2.05, 4.69) is 0 Å². The molecule has 1 aromatic carbocycles. The van der Waals surface area contributed by atoms with Gasteiger partial charge in [-0.25, -0.2) is 0 Å². The van der Waals surface area contributed by atoms with Gasteiger partial charge in [0.05, 0.1) is 12.7 Å². The largest absolute Gasteiger partial charge is 0.493 e. The Morgan fingerprint density at radius 1 is 1.29 bits per heavy atom. The fourth-order valence-corrected chi connectivity index (χ4v) is 1.61. The number of hydrogen-bond acceptors (Lipinski definition) is 3. The van der Waals surface area contributed by atoms with Crippen molar-refractivity contribution in [3.8, 4) is 5.75 Å². The standard InChI is InChI=1S/C14H22O3/c1-4-16-8-5-9-17-14-7-6-11(2)10-13(14)12(3)15/h6-7,10,12,15H,4-5,8-9H2,1-3H3/t12-/m0/s1. The second kappa shape index (κ2) is 7.30. The molecule has 1 rings (SSSR count). The minimum absolute atomic E-state index is 0.503. The lowest BCUT2D eigenvalue weighted by Gasteiger charge is -2.14. The van der Waals surface area contributed by atoms with E-state index in [1.807, 2.05) is 32.0 Å². The second-order valence-corrected chi connectivity index (χ2v) is 4.12. The Morgan fingerprint density at radius 3 is 2.71 bits per heavy atom. The van der Waals surface area contributed by atoms with Crippen LogP contribution in [-0.4, -0.2) is 24.9 Å². The Morgan fingerprint density at radius 2 is 2.06 bits per heavy atom. The van der Waals surface area contributed by atoms with Crippen LogP contribution < -0.4 is 4.74 Å². The van der Waals surface area contributed by atoms with Gasteiger partial charge in [-0.05, 0) is 32.9 Å². The molecule has 0 bridgehead atoms. The van der Waals surface area contributed by atoms with Gasteiger partial charge in [0.15, 0.2) is 0 Å². The number of aliphatic hydroxyl groups excluding tert-OH is 1. The molecule has 96 valence electrons. The summed E-state index contributed by atoms with van der Waals surface area (Å²) in [5, 5.41) is 9.67. The predicted molar refractivity (Wildman–Crippen MR) is 68.4 cm³/mol. The van der Waals surface area contributed by atoms with Crippen molar-refractivity contribution < 1.29 is 14.6 Å². The van der Waals surface area contributed by atoms with Crippen molar-refractivity contribution in [3.63, 3.8) is 0 Å². The van der Waals surface area contributed by atoms with E-state index in [9.17, 15) is 5.11 Å². The van der Waals surface area contributed by atoms with Crippen LogP contribution in [0.5, 0.6) is 5.75 Å². The first-order valence-electron chi connectivity index (χ1n) is 6.14. The SMILES string of the molecule is CCOCCCOc1ccc(C)cc1[C@H](C)O. The summed E-state index contributed by atoms with van der Waals surface area (Å²) in [6.45, 7) is 7.80. The van der Waals surface area contributed by atoms with Gasteiger partial charge in [-0.2, -0.15) is 0 Å². The molecule has 0 aliphatic rings. The van der Waals surface area contributed by atoms with E-state index in [0.29, 0.717) is 13.2 Å². The van der Waals surface area contributed by atoms with Gasteiger partial charge in [-0.1, -0.05) is 11.6 Å². The maximum atomic E-state index is 9.67. The molecule has 0 aliphatic carbocycles. The van der Waals surface area contributed by atoms with Crippen molar-refractivity contribution in [1.29, 1.82) is 0 Å². The van der Waals surface area contributed by atoms with E-state index in [4.69, 9.17) is 9.47 Å². The summed E-state index contributed by atoms with van der Waals surface area (Å²) in [6.07, 6.45) is 0.359. The monoisotopic (exact) mass is 238 g/mol. The van der Waals surface area contributed by atoms with Crippen LogP contribution >= 0.6 is 0 Å². The third kappa shape index (κ3) is 4.75. The van der Waals surface area contributed by atoms with E-state index < -0.39 is 6.10 Å². The fourth-order valence-electron chi connectivity index (χ4n) is 1.61. The van der Waals surface area contributed by atoms with Crippen LogP contribution in [0.15, 0.2) is 18.2 Å². The molecular weight excluding hydrogens is 216 g/mol. The minimum atomic E-state index is -0.503. The van der Waals surface area contributed by atoms with E-state index in [0.717, 1.165) is 29.9 Å². The number of rotatable bonds is 7. The van der Waals surface area contributed by atoms with Gasteiger partial charge in [0, 0.05) is 25.2 Å². The summed E-state index contributed by atoms with van der Waals surface area (Å²) in [5.74, 6) is 0.766. The highest BCUT2D eigenvalue weighted by Gasteiger charge is 2.09. The normalized spacial score (nSPS) is 12.5. The van der Waals surface area contributed by atoms with Crippen molar-refractivity contribution in [2.24, 2.45) is 0 Å². The number of aryl methyl sites for hydroxylation is 1. The van der Waals surface area contributed by atoms with Crippen LogP contribution in [-0.2, 0) is 4.74 Å². The smallest absolute Gasteiger partial charge is 0.125 e. The number of ether oxygens (including phenoxy) is 2. The summed E-state index contributed by atoms with van der Waals surface area (Å²) in [5.41, 5.74) is 1.98. The Kier molecular flexibility index (Phi) is 6.01. The van der Waals surface area contributed by atoms with Crippen LogP contribution in [0.25, 0.3) is 0 Å². The first-order valence-corrected chi connectivity index (χ1v) is 6.14. The Bertz CT molecular complexity index is 334. The first kappa shape index (κ1) is 14.0. The quantitative estimate of drug-likeness (QED) is 0.742. The van der Waals surface area contributed by atoms with E-state index in [1.54, 1.807) is 6.92 Å². The summed E-state index contributed by atoms with van der Waals surface area (Å²) in [6, 6.07) is 5.87. The van der Waals surface area contributed by atoms with Gasteiger partial charge in [-0.3, -0.25) is 0 Å². The lowest BCUT2D eigenvalue weighted by atomic mass is 10.1. The molecular formula is C14H22O3. The highest BCUT2D eigenvalue weighted by molar-refractivity contribution is 5.38. The minimum Gasteiger partial charge on any atom is -0.493 e. The molecule has 0 heterocycles. The average Bonchev–Trinajstić information content (AvgIpc) is 2.30. The summed E-state index contributed by atoms with van der Waals surface area (Å²) < 4.78 is 10.9. The van der Waals surface area contributed by atoms with Gasteiger partial charge >= 0.3 is 0 Å². The molecule has 0 amide bonds. The molecule has 0 spiro atoms.